The highest BCUT2D eigenvalue weighted by Gasteiger charge is 2.14. The van der Waals surface area contributed by atoms with Crippen molar-refractivity contribution >= 4 is 15.9 Å². The van der Waals surface area contributed by atoms with Crippen LogP contribution in [-0.4, -0.2) is 24.6 Å². The van der Waals surface area contributed by atoms with Gasteiger partial charge in [0.05, 0.1) is 11.7 Å². The Morgan fingerprint density at radius 2 is 2.31 bits per heavy atom. The topological polar surface area (TPSA) is 37.0 Å². The number of aromatic nitrogens is 1. The summed E-state index contributed by atoms with van der Waals surface area (Å²) in [6.07, 6.45) is 1.84. The highest BCUT2D eigenvalue weighted by Crippen LogP contribution is 2.13. The summed E-state index contributed by atoms with van der Waals surface area (Å²) in [5, 5.41) is 6.75. The second kappa shape index (κ2) is 4.17. The third-order valence-corrected chi connectivity index (χ3v) is 2.62. The number of pyridine rings is 1. The summed E-state index contributed by atoms with van der Waals surface area (Å²) in [7, 11) is 0. The molecule has 0 saturated carbocycles. The zero-order valence-corrected chi connectivity index (χ0v) is 8.84. The summed E-state index contributed by atoms with van der Waals surface area (Å²) >= 11 is 3.37. The van der Waals surface area contributed by atoms with E-state index in [4.69, 9.17) is 0 Å². The SMILES string of the molecule is Brc1ccc(C2CNCCN2)nc1. The lowest BCUT2D eigenvalue weighted by Crippen LogP contribution is -2.42. The van der Waals surface area contributed by atoms with Crippen molar-refractivity contribution in [2.45, 2.75) is 6.04 Å². The number of hydrogen-bond acceptors (Lipinski definition) is 3. The van der Waals surface area contributed by atoms with E-state index in [1.54, 1.807) is 0 Å². The first-order valence-electron chi connectivity index (χ1n) is 4.42. The van der Waals surface area contributed by atoms with Crippen molar-refractivity contribution in [3.8, 4) is 0 Å². The predicted octanol–water partition coefficient (Wildman–Crippen LogP) is 1.08. The van der Waals surface area contributed by atoms with E-state index in [1.807, 2.05) is 12.3 Å². The van der Waals surface area contributed by atoms with E-state index in [0.717, 1.165) is 29.8 Å². The zero-order valence-electron chi connectivity index (χ0n) is 7.26. The summed E-state index contributed by atoms with van der Waals surface area (Å²) in [4.78, 5) is 4.35. The molecule has 0 aromatic carbocycles. The molecule has 70 valence electrons. The normalized spacial score (nSPS) is 23.0. The number of nitrogens with one attached hydrogen (secondary N) is 2. The molecule has 0 bridgehead atoms. The summed E-state index contributed by atoms with van der Waals surface area (Å²) in [5.74, 6) is 0. The van der Waals surface area contributed by atoms with Gasteiger partial charge in [-0.25, -0.2) is 0 Å². The van der Waals surface area contributed by atoms with Gasteiger partial charge in [-0.05, 0) is 28.1 Å². The van der Waals surface area contributed by atoms with E-state index in [2.05, 4.69) is 37.6 Å². The van der Waals surface area contributed by atoms with Crippen LogP contribution in [0.15, 0.2) is 22.8 Å². The van der Waals surface area contributed by atoms with Crippen molar-refractivity contribution in [1.29, 1.82) is 0 Å². The number of hydrogen-bond donors (Lipinski definition) is 2. The van der Waals surface area contributed by atoms with E-state index >= 15 is 0 Å². The van der Waals surface area contributed by atoms with Gasteiger partial charge in [0, 0.05) is 30.3 Å². The predicted molar refractivity (Wildman–Crippen MR) is 55.6 cm³/mol. The monoisotopic (exact) mass is 241 g/mol. The van der Waals surface area contributed by atoms with Crippen LogP contribution in [0.1, 0.15) is 11.7 Å². The number of nitrogens with zero attached hydrogens (tertiary/aromatic N) is 1. The molecule has 4 heteroatoms. The Labute approximate surface area is 86.1 Å². The Morgan fingerprint density at radius 3 is 2.92 bits per heavy atom. The molecule has 2 rings (SSSR count). The molecule has 0 spiro atoms. The largest absolute Gasteiger partial charge is 0.314 e. The van der Waals surface area contributed by atoms with E-state index in [0.29, 0.717) is 6.04 Å². The molecule has 1 aliphatic rings. The van der Waals surface area contributed by atoms with Gasteiger partial charge in [0.2, 0.25) is 0 Å². The van der Waals surface area contributed by atoms with Crippen LogP contribution in [-0.2, 0) is 0 Å². The van der Waals surface area contributed by atoms with E-state index in [9.17, 15) is 0 Å². The van der Waals surface area contributed by atoms with Crippen LogP contribution in [0.25, 0.3) is 0 Å². The molecular weight excluding hydrogens is 230 g/mol. The third kappa shape index (κ3) is 2.27. The molecule has 2 N–H and O–H groups in total. The maximum Gasteiger partial charge on any atom is 0.0622 e. The lowest BCUT2D eigenvalue weighted by molar-refractivity contribution is 0.423. The second-order valence-corrected chi connectivity index (χ2v) is 4.03. The molecule has 0 amide bonds. The van der Waals surface area contributed by atoms with Crippen molar-refractivity contribution in [2.75, 3.05) is 19.6 Å². The molecule has 2 heterocycles. The van der Waals surface area contributed by atoms with Crippen LogP contribution >= 0.6 is 15.9 Å². The number of piperazine rings is 1. The fraction of sp³-hybridized carbons (Fsp3) is 0.444. The van der Waals surface area contributed by atoms with Crippen LogP contribution in [0.2, 0.25) is 0 Å². The zero-order chi connectivity index (χ0) is 9.10. The third-order valence-electron chi connectivity index (χ3n) is 2.15. The van der Waals surface area contributed by atoms with Crippen LogP contribution in [0.4, 0.5) is 0 Å². The lowest BCUT2D eigenvalue weighted by Gasteiger charge is -2.23. The maximum atomic E-state index is 4.35. The quantitative estimate of drug-likeness (QED) is 0.773. The molecule has 0 aliphatic carbocycles. The van der Waals surface area contributed by atoms with E-state index < -0.39 is 0 Å². The van der Waals surface area contributed by atoms with Crippen molar-refractivity contribution in [1.82, 2.24) is 15.6 Å². The van der Waals surface area contributed by atoms with Gasteiger partial charge in [0.25, 0.3) is 0 Å². The highest BCUT2D eigenvalue weighted by molar-refractivity contribution is 9.10. The van der Waals surface area contributed by atoms with Gasteiger partial charge in [-0.1, -0.05) is 0 Å². The van der Waals surface area contributed by atoms with E-state index in [-0.39, 0.29) is 0 Å². The molecule has 1 aromatic heterocycles. The first kappa shape index (κ1) is 9.12. The van der Waals surface area contributed by atoms with Crippen molar-refractivity contribution in [3.63, 3.8) is 0 Å². The minimum absolute atomic E-state index is 0.363. The van der Waals surface area contributed by atoms with Crippen molar-refractivity contribution in [2.24, 2.45) is 0 Å². The summed E-state index contributed by atoms with van der Waals surface area (Å²) in [5.41, 5.74) is 1.11. The van der Waals surface area contributed by atoms with Gasteiger partial charge >= 0.3 is 0 Å². The Bertz CT molecular complexity index is 267. The molecule has 1 aliphatic heterocycles. The van der Waals surface area contributed by atoms with E-state index in [1.165, 1.54) is 0 Å². The molecule has 1 saturated heterocycles. The molecule has 0 radical (unpaired) electrons. The van der Waals surface area contributed by atoms with Crippen molar-refractivity contribution < 1.29 is 0 Å². The molecule has 1 unspecified atom stereocenters. The van der Waals surface area contributed by atoms with Gasteiger partial charge in [0.15, 0.2) is 0 Å². The first-order valence-corrected chi connectivity index (χ1v) is 5.21. The Hall–Kier alpha value is -0.450. The fourth-order valence-electron chi connectivity index (χ4n) is 1.46. The second-order valence-electron chi connectivity index (χ2n) is 3.11. The minimum Gasteiger partial charge on any atom is -0.314 e. The average molecular weight is 242 g/mol. The Kier molecular flexibility index (Phi) is 2.93. The average Bonchev–Trinajstić information content (AvgIpc) is 2.20. The fourth-order valence-corrected chi connectivity index (χ4v) is 1.69. The Balaban J connectivity index is 2.10. The molecule has 1 atom stereocenters. The first-order chi connectivity index (χ1) is 6.36. The van der Waals surface area contributed by atoms with Crippen LogP contribution in [0, 0.1) is 0 Å². The van der Waals surface area contributed by atoms with Crippen molar-refractivity contribution in [3.05, 3.63) is 28.5 Å². The Morgan fingerprint density at radius 1 is 1.38 bits per heavy atom. The molecule has 1 aromatic rings. The minimum atomic E-state index is 0.363. The summed E-state index contributed by atoms with van der Waals surface area (Å²) in [6.45, 7) is 3.03. The van der Waals surface area contributed by atoms with Gasteiger partial charge in [0.1, 0.15) is 0 Å². The van der Waals surface area contributed by atoms with Crippen LogP contribution in [0.5, 0.6) is 0 Å². The lowest BCUT2D eigenvalue weighted by atomic mass is 10.1. The molecular formula is C9H12BrN3. The number of rotatable bonds is 1. The standard InChI is InChI=1S/C9H12BrN3/c10-7-1-2-8(13-5-7)9-6-11-3-4-12-9/h1-2,5,9,11-12H,3-4,6H2. The maximum absolute atomic E-state index is 4.35. The van der Waals surface area contributed by atoms with Crippen LogP contribution in [0.3, 0.4) is 0 Å². The smallest absolute Gasteiger partial charge is 0.0622 e. The van der Waals surface area contributed by atoms with Gasteiger partial charge in [-0.2, -0.15) is 0 Å². The van der Waals surface area contributed by atoms with Gasteiger partial charge < -0.3 is 10.6 Å². The van der Waals surface area contributed by atoms with Gasteiger partial charge in [-0.3, -0.25) is 4.98 Å². The van der Waals surface area contributed by atoms with Crippen LogP contribution < -0.4 is 10.6 Å². The van der Waals surface area contributed by atoms with Gasteiger partial charge in [-0.15, -0.1) is 0 Å². The summed E-state index contributed by atoms with van der Waals surface area (Å²) < 4.78 is 1.03. The molecule has 13 heavy (non-hydrogen) atoms. The number of halogens is 1. The molecule has 3 nitrogen and oxygen atoms in total. The molecule has 1 fully saturated rings. The summed E-state index contributed by atoms with van der Waals surface area (Å²) in [6, 6.07) is 4.44. The highest BCUT2D eigenvalue weighted by atomic mass is 79.9.